The molecule has 1 aromatic heterocycles. The van der Waals surface area contributed by atoms with Crippen molar-refractivity contribution >= 4 is 46.3 Å². The minimum Gasteiger partial charge on any atom is -0.259 e. The average Bonchev–Trinajstić information content (AvgIpc) is 2.49. The van der Waals surface area contributed by atoms with Gasteiger partial charge >= 0.3 is 0 Å². The number of anilines is 1. The molecule has 0 saturated carbocycles. The molecule has 0 aliphatic heterocycles. The lowest BCUT2D eigenvalue weighted by atomic mass is 10.2. The number of fused-ring (bicyclic) bond motifs is 1. The summed E-state index contributed by atoms with van der Waals surface area (Å²) in [5.41, 5.74) is 5.07. The molecule has 0 saturated heterocycles. The Labute approximate surface area is 131 Å². The van der Waals surface area contributed by atoms with E-state index in [1.54, 1.807) is 12.3 Å². The smallest absolute Gasteiger partial charge is 0.185 e. The van der Waals surface area contributed by atoms with E-state index >= 15 is 0 Å². The molecule has 3 rings (SSSR count). The average molecular weight is 317 g/mol. The van der Waals surface area contributed by atoms with E-state index in [2.05, 4.69) is 20.5 Å². The topological polar surface area (TPSA) is 50.2 Å². The summed E-state index contributed by atoms with van der Waals surface area (Å²) in [5.74, 6) is 0.402. The van der Waals surface area contributed by atoms with Gasteiger partial charge in [0.25, 0.3) is 0 Å². The highest BCUT2D eigenvalue weighted by atomic mass is 35.5. The molecular weight excluding hydrogens is 307 g/mol. The second kappa shape index (κ2) is 6.08. The predicted octanol–water partition coefficient (Wildman–Crippen LogP) is 4.38. The van der Waals surface area contributed by atoms with Gasteiger partial charge in [0.15, 0.2) is 11.0 Å². The SMILES string of the molecule is Clc1ccccc1/C=N/Nc1nc2ccccc2nc1Cl. The molecule has 2 aromatic carbocycles. The van der Waals surface area contributed by atoms with E-state index in [4.69, 9.17) is 23.2 Å². The van der Waals surface area contributed by atoms with E-state index in [-0.39, 0.29) is 5.15 Å². The Kier molecular flexibility index (Phi) is 3.99. The van der Waals surface area contributed by atoms with Crippen LogP contribution in [0.4, 0.5) is 5.82 Å². The van der Waals surface area contributed by atoms with E-state index in [1.807, 2.05) is 42.5 Å². The molecule has 0 aliphatic carbocycles. The maximum atomic E-state index is 6.08. The Hall–Kier alpha value is -2.17. The Bertz CT molecular complexity index is 818. The normalized spacial score (nSPS) is 11.1. The zero-order valence-electron chi connectivity index (χ0n) is 10.8. The lowest BCUT2D eigenvalue weighted by molar-refractivity contribution is 1.22. The number of aromatic nitrogens is 2. The van der Waals surface area contributed by atoms with Gasteiger partial charge in [0.05, 0.1) is 17.2 Å². The standard InChI is InChI=1S/C15H10Cl2N4/c16-11-6-2-1-5-10(11)9-18-21-15-14(17)19-12-7-3-4-8-13(12)20-15/h1-9H,(H,20,21)/b18-9+. The molecule has 4 nitrogen and oxygen atoms in total. The maximum Gasteiger partial charge on any atom is 0.185 e. The van der Waals surface area contributed by atoms with E-state index in [9.17, 15) is 0 Å². The predicted molar refractivity (Wildman–Crippen MR) is 87.2 cm³/mol. The van der Waals surface area contributed by atoms with E-state index < -0.39 is 0 Å². The van der Waals surface area contributed by atoms with Crippen LogP contribution in [-0.4, -0.2) is 16.2 Å². The van der Waals surface area contributed by atoms with Crippen LogP contribution in [0.15, 0.2) is 53.6 Å². The number of halogens is 2. The summed E-state index contributed by atoms with van der Waals surface area (Å²) in [6.07, 6.45) is 1.61. The highest BCUT2D eigenvalue weighted by molar-refractivity contribution is 6.33. The van der Waals surface area contributed by atoms with Crippen molar-refractivity contribution in [3.05, 3.63) is 64.3 Å². The number of nitrogens with one attached hydrogen (secondary N) is 1. The fraction of sp³-hybridized carbons (Fsp3) is 0. The highest BCUT2D eigenvalue weighted by Gasteiger charge is 2.05. The number of para-hydroxylation sites is 2. The molecule has 0 aliphatic rings. The third-order valence-electron chi connectivity index (χ3n) is 2.81. The maximum absolute atomic E-state index is 6.08. The molecule has 21 heavy (non-hydrogen) atoms. The molecule has 1 N–H and O–H groups in total. The van der Waals surface area contributed by atoms with Gasteiger partial charge in [0.2, 0.25) is 0 Å². The number of rotatable bonds is 3. The van der Waals surface area contributed by atoms with Crippen LogP contribution in [0.1, 0.15) is 5.56 Å². The first kappa shape index (κ1) is 13.8. The summed E-state index contributed by atoms with van der Waals surface area (Å²) in [4.78, 5) is 8.64. The molecule has 0 atom stereocenters. The third-order valence-corrected chi connectivity index (χ3v) is 3.42. The molecule has 0 bridgehead atoms. The second-order valence-corrected chi connectivity index (χ2v) is 5.01. The zero-order valence-corrected chi connectivity index (χ0v) is 12.3. The van der Waals surface area contributed by atoms with Gasteiger partial charge in [0.1, 0.15) is 0 Å². The molecular formula is C15H10Cl2N4. The van der Waals surface area contributed by atoms with Crippen LogP contribution >= 0.6 is 23.2 Å². The molecule has 0 unspecified atom stereocenters. The Balaban J connectivity index is 1.85. The van der Waals surface area contributed by atoms with Crippen LogP contribution in [0.3, 0.4) is 0 Å². The molecule has 0 spiro atoms. The quantitative estimate of drug-likeness (QED) is 0.576. The number of hydrogen-bond donors (Lipinski definition) is 1. The third kappa shape index (κ3) is 3.12. The fourth-order valence-electron chi connectivity index (χ4n) is 1.79. The van der Waals surface area contributed by atoms with Gasteiger partial charge in [-0.05, 0) is 18.2 Å². The minimum atomic E-state index is 0.269. The summed E-state index contributed by atoms with van der Waals surface area (Å²) in [6.45, 7) is 0. The Morgan fingerprint density at radius 2 is 1.57 bits per heavy atom. The van der Waals surface area contributed by atoms with Crippen molar-refractivity contribution in [3.63, 3.8) is 0 Å². The molecule has 6 heteroatoms. The van der Waals surface area contributed by atoms with Crippen molar-refractivity contribution in [2.45, 2.75) is 0 Å². The summed E-state index contributed by atoms with van der Waals surface area (Å²) >= 11 is 12.1. The van der Waals surface area contributed by atoms with Gasteiger partial charge in [-0.2, -0.15) is 5.10 Å². The van der Waals surface area contributed by atoms with Crippen LogP contribution in [0.5, 0.6) is 0 Å². The van der Waals surface area contributed by atoms with Crippen LogP contribution in [0.25, 0.3) is 11.0 Å². The number of nitrogens with zero attached hydrogens (tertiary/aromatic N) is 3. The van der Waals surface area contributed by atoms with Crippen LogP contribution in [-0.2, 0) is 0 Å². The van der Waals surface area contributed by atoms with Crippen LogP contribution in [0, 0.1) is 0 Å². The first-order chi connectivity index (χ1) is 10.2. The number of hydrogen-bond acceptors (Lipinski definition) is 4. The van der Waals surface area contributed by atoms with Crippen LogP contribution < -0.4 is 5.43 Å². The summed E-state index contributed by atoms with van der Waals surface area (Å²) in [5, 5.41) is 4.99. The van der Waals surface area contributed by atoms with Gasteiger partial charge in [-0.15, -0.1) is 0 Å². The van der Waals surface area contributed by atoms with Crippen molar-refractivity contribution in [3.8, 4) is 0 Å². The van der Waals surface area contributed by atoms with E-state index in [0.717, 1.165) is 16.6 Å². The monoisotopic (exact) mass is 316 g/mol. The van der Waals surface area contributed by atoms with Gasteiger partial charge < -0.3 is 0 Å². The summed E-state index contributed by atoms with van der Waals surface area (Å²) in [7, 11) is 0. The summed E-state index contributed by atoms with van der Waals surface area (Å²) < 4.78 is 0. The summed E-state index contributed by atoms with van der Waals surface area (Å²) in [6, 6.07) is 14.9. The van der Waals surface area contributed by atoms with Gasteiger partial charge in [-0.3, -0.25) is 5.43 Å². The van der Waals surface area contributed by atoms with E-state index in [1.165, 1.54) is 0 Å². The van der Waals surface area contributed by atoms with Crippen molar-refractivity contribution < 1.29 is 0 Å². The Morgan fingerprint density at radius 1 is 0.905 bits per heavy atom. The van der Waals surface area contributed by atoms with Crippen molar-refractivity contribution in [1.29, 1.82) is 0 Å². The Morgan fingerprint density at radius 3 is 2.33 bits per heavy atom. The second-order valence-electron chi connectivity index (χ2n) is 4.24. The zero-order chi connectivity index (χ0) is 14.7. The molecule has 0 radical (unpaired) electrons. The van der Waals surface area contributed by atoms with Gasteiger partial charge in [-0.25, -0.2) is 9.97 Å². The van der Waals surface area contributed by atoms with Crippen molar-refractivity contribution in [1.82, 2.24) is 9.97 Å². The molecule has 0 fully saturated rings. The molecule has 0 amide bonds. The first-order valence-corrected chi connectivity index (χ1v) is 6.95. The largest absolute Gasteiger partial charge is 0.259 e. The van der Waals surface area contributed by atoms with Crippen molar-refractivity contribution in [2.24, 2.45) is 5.10 Å². The molecule has 3 aromatic rings. The number of benzene rings is 2. The molecule has 1 heterocycles. The fourth-order valence-corrected chi connectivity index (χ4v) is 2.15. The van der Waals surface area contributed by atoms with Gasteiger partial charge in [0, 0.05) is 10.6 Å². The highest BCUT2D eigenvalue weighted by Crippen LogP contribution is 2.21. The van der Waals surface area contributed by atoms with Crippen LogP contribution in [0.2, 0.25) is 10.2 Å². The minimum absolute atomic E-state index is 0.269. The molecule has 104 valence electrons. The van der Waals surface area contributed by atoms with Crippen molar-refractivity contribution in [2.75, 3.05) is 5.43 Å². The van der Waals surface area contributed by atoms with Gasteiger partial charge in [-0.1, -0.05) is 53.5 Å². The number of hydrazone groups is 1. The lowest BCUT2D eigenvalue weighted by Gasteiger charge is -2.04. The van der Waals surface area contributed by atoms with E-state index in [0.29, 0.717) is 10.8 Å². The first-order valence-electron chi connectivity index (χ1n) is 6.20. The lowest BCUT2D eigenvalue weighted by Crippen LogP contribution is -1.97.